The number of halogens is 1. The maximum Gasteiger partial charge on any atom is 0.277 e. The molecule has 0 aliphatic rings. The zero-order valence-electron chi connectivity index (χ0n) is 20.1. The van der Waals surface area contributed by atoms with Crippen LogP contribution in [0.5, 0.6) is 5.75 Å². The van der Waals surface area contributed by atoms with E-state index in [4.69, 9.17) is 21.3 Å². The fraction of sp³-hybridized carbons (Fsp3) is 0.320. The lowest BCUT2D eigenvalue weighted by atomic mass is 9.95. The second kappa shape index (κ2) is 9.02. The first-order valence-electron chi connectivity index (χ1n) is 10.9. The van der Waals surface area contributed by atoms with Gasteiger partial charge < -0.3 is 4.74 Å². The van der Waals surface area contributed by atoms with E-state index >= 15 is 0 Å². The van der Waals surface area contributed by atoms with Crippen molar-refractivity contribution in [2.24, 2.45) is 7.05 Å². The van der Waals surface area contributed by atoms with Gasteiger partial charge in [-0.15, -0.1) is 0 Å². The number of aryl methyl sites for hydroxylation is 3. The molecule has 0 spiro atoms. The summed E-state index contributed by atoms with van der Waals surface area (Å²) in [7, 11) is 1.83. The molecule has 34 heavy (non-hydrogen) atoms. The summed E-state index contributed by atoms with van der Waals surface area (Å²) < 4.78 is 9.02. The van der Waals surface area contributed by atoms with Gasteiger partial charge in [0.05, 0.1) is 22.8 Å². The summed E-state index contributed by atoms with van der Waals surface area (Å²) >= 11 is 6.42. The minimum absolute atomic E-state index is 0.00753. The molecule has 0 aromatic carbocycles. The lowest BCUT2D eigenvalue weighted by molar-refractivity contribution is 0.299. The standard InChI is InChI=1S/C25H27ClN6O2/c1-15-13-28-24(25(3,4)5)29-22(15)19-12-18(7-9-27-19)32-16(2)11-20(21(26)23(32)33)34-14-17-8-10-31(6)30-17/h7-13H,14H2,1-6H3. The zero-order chi connectivity index (χ0) is 24.6. The highest BCUT2D eigenvalue weighted by Gasteiger charge is 2.20. The average molecular weight is 479 g/mol. The molecule has 0 atom stereocenters. The minimum atomic E-state index is -0.371. The van der Waals surface area contributed by atoms with Crippen LogP contribution in [0.4, 0.5) is 0 Å². The Hall–Kier alpha value is -3.52. The maximum atomic E-state index is 13.2. The van der Waals surface area contributed by atoms with Crippen molar-refractivity contribution in [2.45, 2.75) is 46.6 Å². The van der Waals surface area contributed by atoms with Gasteiger partial charge in [0.25, 0.3) is 5.56 Å². The highest BCUT2D eigenvalue weighted by molar-refractivity contribution is 6.31. The fourth-order valence-electron chi connectivity index (χ4n) is 3.55. The van der Waals surface area contributed by atoms with E-state index in [-0.39, 0.29) is 22.6 Å². The first-order valence-corrected chi connectivity index (χ1v) is 11.3. The van der Waals surface area contributed by atoms with Gasteiger partial charge in [-0.1, -0.05) is 32.4 Å². The molecule has 4 rings (SSSR count). The van der Waals surface area contributed by atoms with Gasteiger partial charge in [0.15, 0.2) is 0 Å². The molecule has 0 unspecified atom stereocenters. The molecule has 0 saturated carbocycles. The second-order valence-electron chi connectivity index (χ2n) is 9.25. The Bertz CT molecular complexity index is 1420. The van der Waals surface area contributed by atoms with Crippen LogP contribution < -0.4 is 10.3 Å². The van der Waals surface area contributed by atoms with Gasteiger partial charge in [-0.3, -0.25) is 19.0 Å². The molecule has 0 N–H and O–H groups in total. The van der Waals surface area contributed by atoms with Gasteiger partial charge in [-0.2, -0.15) is 5.10 Å². The zero-order valence-corrected chi connectivity index (χ0v) is 20.9. The van der Waals surface area contributed by atoms with Crippen LogP contribution in [0.1, 0.15) is 43.5 Å². The third-order valence-electron chi connectivity index (χ3n) is 5.33. The van der Waals surface area contributed by atoms with Gasteiger partial charge in [-0.25, -0.2) is 9.97 Å². The Morgan fingerprint density at radius 1 is 1.12 bits per heavy atom. The predicted octanol–water partition coefficient (Wildman–Crippen LogP) is 4.57. The van der Waals surface area contributed by atoms with Crippen molar-refractivity contribution in [1.82, 2.24) is 29.3 Å². The van der Waals surface area contributed by atoms with Crippen LogP contribution in [0.25, 0.3) is 17.1 Å². The summed E-state index contributed by atoms with van der Waals surface area (Å²) in [6.45, 7) is 10.2. The molecular formula is C25H27ClN6O2. The number of nitrogens with zero attached hydrogens (tertiary/aromatic N) is 6. The maximum absolute atomic E-state index is 13.2. The van der Waals surface area contributed by atoms with Crippen LogP contribution in [0, 0.1) is 13.8 Å². The summed E-state index contributed by atoms with van der Waals surface area (Å²) in [4.78, 5) is 27.0. The molecule has 8 nitrogen and oxygen atoms in total. The van der Waals surface area contributed by atoms with Crippen LogP contribution in [-0.4, -0.2) is 29.3 Å². The van der Waals surface area contributed by atoms with Gasteiger partial charge in [-0.05, 0) is 37.6 Å². The predicted molar refractivity (Wildman–Crippen MR) is 132 cm³/mol. The third-order valence-corrected chi connectivity index (χ3v) is 5.68. The van der Waals surface area contributed by atoms with E-state index < -0.39 is 0 Å². The summed E-state index contributed by atoms with van der Waals surface area (Å²) in [6, 6.07) is 7.20. The Balaban J connectivity index is 1.72. The molecule has 176 valence electrons. The number of hydrogen-bond acceptors (Lipinski definition) is 6. The molecule has 4 aromatic rings. The topological polar surface area (TPSA) is 87.7 Å². The van der Waals surface area contributed by atoms with Gasteiger partial charge in [0.1, 0.15) is 23.2 Å². The van der Waals surface area contributed by atoms with E-state index in [2.05, 4.69) is 35.8 Å². The summed E-state index contributed by atoms with van der Waals surface area (Å²) in [5, 5.41) is 4.29. The van der Waals surface area contributed by atoms with Crippen LogP contribution in [0.3, 0.4) is 0 Å². The van der Waals surface area contributed by atoms with Crippen LogP contribution in [0.2, 0.25) is 5.02 Å². The Kier molecular flexibility index (Phi) is 6.27. The van der Waals surface area contributed by atoms with Gasteiger partial charge >= 0.3 is 0 Å². The lowest BCUT2D eigenvalue weighted by Gasteiger charge is -2.18. The largest absolute Gasteiger partial charge is 0.485 e. The number of hydrogen-bond donors (Lipinski definition) is 0. The molecule has 4 heterocycles. The normalized spacial score (nSPS) is 11.6. The number of rotatable bonds is 5. The van der Waals surface area contributed by atoms with Crippen molar-refractivity contribution in [3.05, 3.63) is 81.0 Å². The molecule has 9 heteroatoms. The molecule has 0 fully saturated rings. The van der Waals surface area contributed by atoms with Crippen LogP contribution in [-0.2, 0) is 19.1 Å². The van der Waals surface area contributed by atoms with E-state index in [1.807, 2.05) is 39.2 Å². The first-order chi connectivity index (χ1) is 16.0. The number of aromatic nitrogens is 6. The van der Waals surface area contributed by atoms with E-state index in [0.717, 1.165) is 22.8 Å². The van der Waals surface area contributed by atoms with E-state index in [9.17, 15) is 4.79 Å². The summed E-state index contributed by atoms with van der Waals surface area (Å²) in [5.74, 6) is 1.05. The summed E-state index contributed by atoms with van der Waals surface area (Å²) in [5.41, 5.74) is 3.77. The number of pyridine rings is 2. The van der Waals surface area contributed by atoms with Crippen LogP contribution >= 0.6 is 11.6 Å². The molecule has 0 saturated heterocycles. The van der Waals surface area contributed by atoms with Crippen molar-refractivity contribution in [1.29, 1.82) is 0 Å². The van der Waals surface area contributed by atoms with E-state index in [0.29, 0.717) is 22.8 Å². The number of ether oxygens (including phenoxy) is 1. The molecule has 0 amide bonds. The van der Waals surface area contributed by atoms with Crippen molar-refractivity contribution < 1.29 is 4.74 Å². The highest BCUT2D eigenvalue weighted by Crippen LogP contribution is 2.27. The van der Waals surface area contributed by atoms with Crippen molar-refractivity contribution in [2.75, 3.05) is 0 Å². The molecule has 4 aromatic heterocycles. The average Bonchev–Trinajstić information content (AvgIpc) is 3.20. The molecular weight excluding hydrogens is 452 g/mol. The molecule has 0 bridgehead atoms. The van der Waals surface area contributed by atoms with Crippen molar-refractivity contribution in [3.8, 4) is 22.8 Å². The Morgan fingerprint density at radius 3 is 2.56 bits per heavy atom. The van der Waals surface area contributed by atoms with E-state index in [1.165, 1.54) is 0 Å². The minimum Gasteiger partial charge on any atom is -0.485 e. The first kappa shape index (κ1) is 23.6. The lowest BCUT2D eigenvalue weighted by Crippen LogP contribution is -2.22. The SMILES string of the molecule is Cc1cnc(C(C)(C)C)nc1-c1cc(-n2c(C)cc(OCc3ccn(C)n3)c(Cl)c2=O)ccn1. The highest BCUT2D eigenvalue weighted by atomic mass is 35.5. The Labute approximate surface area is 203 Å². The Morgan fingerprint density at radius 2 is 1.88 bits per heavy atom. The van der Waals surface area contributed by atoms with Crippen molar-refractivity contribution >= 4 is 11.6 Å². The molecule has 0 radical (unpaired) electrons. The molecule has 0 aliphatic carbocycles. The molecule has 0 aliphatic heterocycles. The summed E-state index contributed by atoms with van der Waals surface area (Å²) in [6.07, 6.45) is 5.29. The van der Waals surface area contributed by atoms with Gasteiger partial charge in [0, 0.05) is 42.8 Å². The van der Waals surface area contributed by atoms with Gasteiger partial charge in [0.2, 0.25) is 0 Å². The van der Waals surface area contributed by atoms with E-state index in [1.54, 1.807) is 33.8 Å². The smallest absolute Gasteiger partial charge is 0.277 e. The third kappa shape index (κ3) is 4.72. The quantitative estimate of drug-likeness (QED) is 0.417. The van der Waals surface area contributed by atoms with Crippen LogP contribution in [0.15, 0.2) is 47.7 Å². The van der Waals surface area contributed by atoms with Crippen molar-refractivity contribution in [3.63, 3.8) is 0 Å². The monoisotopic (exact) mass is 478 g/mol. The fourth-order valence-corrected chi connectivity index (χ4v) is 3.74. The second-order valence-corrected chi connectivity index (χ2v) is 9.63.